The zero-order valence-corrected chi connectivity index (χ0v) is 16.4. The van der Waals surface area contributed by atoms with E-state index in [0.29, 0.717) is 6.42 Å². The summed E-state index contributed by atoms with van der Waals surface area (Å²) < 4.78 is 16.4. The van der Waals surface area contributed by atoms with Gasteiger partial charge >= 0.3 is 0 Å². The van der Waals surface area contributed by atoms with Crippen molar-refractivity contribution in [1.82, 2.24) is 0 Å². The lowest BCUT2D eigenvalue weighted by atomic mass is 9.75. The molecule has 0 aliphatic carbocycles. The topological polar surface area (TPSA) is 18.8 Å². The zero-order chi connectivity index (χ0) is 19.2. The minimum absolute atomic E-state index is 0.155. The monoisotopic (exact) mass is 363 g/mol. The first kappa shape index (κ1) is 17.8. The van der Waals surface area contributed by atoms with Gasteiger partial charge in [-0.1, -0.05) is 56.3 Å². The highest BCUT2D eigenvalue weighted by atomic mass is 19.1. The van der Waals surface area contributed by atoms with Crippen LogP contribution in [-0.4, -0.2) is 19.0 Å². The summed E-state index contributed by atoms with van der Waals surface area (Å²) in [5.41, 5.74) is 2.39. The Morgan fingerprint density at radius 2 is 1.74 bits per heavy atom. The third-order valence-electron chi connectivity index (χ3n) is 6.06. The van der Waals surface area contributed by atoms with Crippen LogP contribution in [0.1, 0.15) is 32.8 Å². The summed E-state index contributed by atoms with van der Waals surface area (Å²) in [5, 5.41) is 0. The van der Waals surface area contributed by atoms with Crippen molar-refractivity contribution in [3.05, 3.63) is 71.9 Å². The predicted molar refractivity (Wildman–Crippen MR) is 111 cm³/mol. The average molecular weight is 363 g/mol. The summed E-state index contributed by atoms with van der Waals surface area (Å²) in [4.78, 5) is 9.08. The zero-order valence-electron chi connectivity index (χ0n) is 16.4. The lowest BCUT2D eigenvalue weighted by molar-refractivity contribution is 0.0625. The van der Waals surface area contributed by atoms with Gasteiger partial charge in [0.1, 0.15) is 11.8 Å². The van der Waals surface area contributed by atoms with E-state index in [1.807, 2.05) is 70.3 Å². The molecule has 2 aromatic rings. The second kappa shape index (κ2) is 6.52. The van der Waals surface area contributed by atoms with E-state index in [4.69, 9.17) is 0 Å². The molecule has 0 spiro atoms. The summed E-state index contributed by atoms with van der Waals surface area (Å²) in [6.45, 7) is 5.99. The van der Waals surface area contributed by atoms with Gasteiger partial charge in [0, 0.05) is 24.2 Å². The third-order valence-corrected chi connectivity index (χ3v) is 6.06. The van der Waals surface area contributed by atoms with Gasteiger partial charge in [-0.2, -0.15) is 0 Å². The van der Waals surface area contributed by atoms with Crippen LogP contribution in [-0.2, 0) is 5.67 Å². The fraction of sp³-hybridized carbons (Fsp3) is 0.348. The minimum atomic E-state index is -1.38. The van der Waals surface area contributed by atoms with Gasteiger partial charge in [-0.25, -0.2) is 4.39 Å². The summed E-state index contributed by atoms with van der Waals surface area (Å²) >= 11 is 0. The number of hydrogen-bond donors (Lipinski definition) is 0. The molecule has 3 atom stereocenters. The second-order valence-corrected chi connectivity index (χ2v) is 7.23. The molecule has 140 valence electrons. The maximum atomic E-state index is 16.4. The van der Waals surface area contributed by atoms with Gasteiger partial charge in [0.05, 0.1) is 11.4 Å². The number of fused-ring (bicyclic) bond motifs is 3. The van der Waals surface area contributed by atoms with Crippen LogP contribution < -0.4 is 9.80 Å². The highest BCUT2D eigenvalue weighted by molar-refractivity contribution is 6.16. The summed E-state index contributed by atoms with van der Waals surface area (Å²) in [7, 11) is 1.81. The number of amidine groups is 1. The van der Waals surface area contributed by atoms with Gasteiger partial charge in [0.25, 0.3) is 0 Å². The number of hydrogen-bond acceptors (Lipinski definition) is 2. The van der Waals surface area contributed by atoms with Gasteiger partial charge in [-0.15, -0.1) is 0 Å². The first-order chi connectivity index (χ1) is 13.1. The standard InChI is InChI=1S/C23H26FN3/c1-5-19-21(25-4)27-20-15-11-10-14-18(20)23(24,6-2)16(3)22(27)26(19)17-12-8-7-9-13-17/h5,7-16,22H,6H2,1-4H3. The van der Waals surface area contributed by atoms with Gasteiger partial charge < -0.3 is 9.80 Å². The fourth-order valence-corrected chi connectivity index (χ4v) is 4.72. The van der Waals surface area contributed by atoms with Crippen LogP contribution >= 0.6 is 0 Å². The highest BCUT2D eigenvalue weighted by Gasteiger charge is 2.56. The average Bonchev–Trinajstić information content (AvgIpc) is 3.07. The van der Waals surface area contributed by atoms with Crippen molar-refractivity contribution < 1.29 is 4.39 Å². The molecular weight excluding hydrogens is 337 g/mol. The molecule has 2 aromatic carbocycles. The fourth-order valence-electron chi connectivity index (χ4n) is 4.72. The SMILES string of the molecule is CC=C1C(=NC)N2c3ccccc3C(F)(CC)C(C)C2N1c1ccccc1. The summed E-state index contributed by atoms with van der Waals surface area (Å²) in [6, 6.07) is 18.1. The number of alkyl halides is 1. The molecule has 1 saturated heterocycles. The van der Waals surface area contributed by atoms with Crippen LogP contribution in [0.2, 0.25) is 0 Å². The van der Waals surface area contributed by atoms with Gasteiger partial charge in [-0.05, 0) is 31.5 Å². The number of halogens is 1. The first-order valence-corrected chi connectivity index (χ1v) is 9.63. The van der Waals surface area contributed by atoms with E-state index in [1.54, 1.807) is 0 Å². The number of benzene rings is 2. The Morgan fingerprint density at radius 1 is 1.07 bits per heavy atom. The predicted octanol–water partition coefficient (Wildman–Crippen LogP) is 5.50. The van der Waals surface area contributed by atoms with E-state index in [2.05, 4.69) is 33.0 Å². The smallest absolute Gasteiger partial charge is 0.153 e. The normalized spacial score (nSPS) is 30.0. The van der Waals surface area contributed by atoms with E-state index in [-0.39, 0.29) is 12.1 Å². The molecule has 0 aromatic heterocycles. The van der Waals surface area contributed by atoms with E-state index < -0.39 is 5.67 Å². The van der Waals surface area contributed by atoms with Crippen molar-refractivity contribution in [2.45, 2.75) is 39.0 Å². The number of rotatable bonds is 2. The van der Waals surface area contributed by atoms with Crippen LogP contribution in [0.4, 0.5) is 15.8 Å². The van der Waals surface area contributed by atoms with E-state index >= 15 is 4.39 Å². The molecule has 2 heterocycles. The van der Waals surface area contributed by atoms with Crippen molar-refractivity contribution >= 4 is 17.2 Å². The Hall–Kier alpha value is -2.62. The maximum Gasteiger partial charge on any atom is 0.153 e. The Labute approximate surface area is 160 Å². The molecule has 0 N–H and O–H groups in total. The van der Waals surface area contributed by atoms with Crippen molar-refractivity contribution in [2.75, 3.05) is 16.8 Å². The van der Waals surface area contributed by atoms with Gasteiger partial charge in [0.15, 0.2) is 5.84 Å². The Kier molecular flexibility index (Phi) is 4.29. The lowest BCUT2D eigenvalue weighted by Gasteiger charge is -2.47. The Morgan fingerprint density at radius 3 is 2.37 bits per heavy atom. The minimum Gasteiger partial charge on any atom is -0.317 e. The second-order valence-electron chi connectivity index (χ2n) is 7.23. The molecule has 4 rings (SSSR count). The molecule has 27 heavy (non-hydrogen) atoms. The van der Waals surface area contributed by atoms with Crippen LogP contribution in [0, 0.1) is 5.92 Å². The molecular formula is C23H26FN3. The lowest BCUT2D eigenvalue weighted by Crippen LogP contribution is -2.55. The van der Waals surface area contributed by atoms with Crippen molar-refractivity contribution in [3.8, 4) is 0 Å². The Bertz CT molecular complexity index is 905. The molecule has 2 aliphatic heterocycles. The molecule has 1 fully saturated rings. The van der Waals surface area contributed by atoms with Crippen molar-refractivity contribution in [2.24, 2.45) is 10.9 Å². The number of nitrogens with zero attached hydrogens (tertiary/aromatic N) is 3. The van der Waals surface area contributed by atoms with E-state index in [0.717, 1.165) is 28.5 Å². The summed E-state index contributed by atoms with van der Waals surface area (Å²) in [6.07, 6.45) is 2.37. The largest absolute Gasteiger partial charge is 0.317 e. The van der Waals surface area contributed by atoms with Crippen molar-refractivity contribution in [1.29, 1.82) is 0 Å². The molecule has 0 bridgehead atoms. The number of aliphatic imine (C=N–C) groups is 1. The van der Waals surface area contributed by atoms with Crippen LogP contribution in [0.15, 0.2) is 71.4 Å². The molecule has 0 saturated carbocycles. The molecule has 2 aliphatic rings. The number of para-hydroxylation sites is 2. The van der Waals surface area contributed by atoms with Crippen LogP contribution in [0.25, 0.3) is 0 Å². The molecule has 0 radical (unpaired) electrons. The first-order valence-electron chi connectivity index (χ1n) is 9.63. The molecule has 3 nitrogen and oxygen atoms in total. The van der Waals surface area contributed by atoms with E-state index in [1.165, 1.54) is 0 Å². The van der Waals surface area contributed by atoms with Gasteiger partial charge in [0.2, 0.25) is 0 Å². The maximum absolute atomic E-state index is 16.4. The molecule has 3 unspecified atom stereocenters. The molecule has 4 heteroatoms. The van der Waals surface area contributed by atoms with Crippen LogP contribution in [0.5, 0.6) is 0 Å². The molecule has 0 amide bonds. The third kappa shape index (κ3) is 2.35. The van der Waals surface area contributed by atoms with Crippen molar-refractivity contribution in [3.63, 3.8) is 0 Å². The highest BCUT2D eigenvalue weighted by Crippen LogP contribution is 2.53. The van der Waals surface area contributed by atoms with E-state index in [9.17, 15) is 0 Å². The quantitative estimate of drug-likeness (QED) is 0.702. The number of anilines is 2. The Balaban J connectivity index is 2.00. The summed E-state index contributed by atoms with van der Waals surface area (Å²) in [5.74, 6) is 0.663. The van der Waals surface area contributed by atoms with Crippen LogP contribution in [0.3, 0.4) is 0 Å². The number of allylic oxidation sites excluding steroid dienone is 1. The van der Waals surface area contributed by atoms with Gasteiger partial charge in [-0.3, -0.25) is 4.99 Å².